The number of cyclic esters (lactones) is 1. The Morgan fingerprint density at radius 1 is 0.841 bits per heavy atom. The van der Waals surface area contributed by atoms with Crippen molar-refractivity contribution < 1.29 is 58.6 Å². The normalized spacial score (nSPS) is 40.0. The van der Waals surface area contributed by atoms with E-state index >= 15 is 0 Å². The molecule has 0 radical (unpaired) electrons. The SMILES string of the molecule is CO[C@H]1C[C@@H]2CC[C@@H](C)[C@@](O)(O2)C(=O)C(=O)N2CCCC[C@H]2C(=O)O[C@H]([C@H](C)C[C@@H]2CC[C@@H](O)[C@H](OC)C2)CC(=O)[C@H](C)/C=C(\C)[C@@H](O)C[C@@H](O)[C@H](C)C[C@H](C)/C=C/C=CC=C1C. The van der Waals surface area contributed by atoms with Crippen LogP contribution in [0.3, 0.4) is 0 Å². The molecule has 1 saturated carbocycles. The summed E-state index contributed by atoms with van der Waals surface area (Å²) in [5.74, 6) is -6.93. The highest BCUT2D eigenvalue weighted by atomic mass is 16.6. The number of aliphatic hydroxyl groups excluding tert-OH is 3. The summed E-state index contributed by atoms with van der Waals surface area (Å²) in [6.07, 6.45) is 12.9. The van der Waals surface area contributed by atoms with Crippen molar-refractivity contribution in [2.24, 2.45) is 35.5 Å². The molecule has 2 bridgehead atoms. The summed E-state index contributed by atoms with van der Waals surface area (Å²) < 4.78 is 23.8. The van der Waals surface area contributed by atoms with E-state index in [1.807, 2.05) is 45.1 Å². The minimum Gasteiger partial charge on any atom is -0.460 e. The first-order valence-electron chi connectivity index (χ1n) is 23.6. The van der Waals surface area contributed by atoms with Gasteiger partial charge in [-0.2, -0.15) is 0 Å². The number of carbonyl (C=O) groups excluding carboxylic acids is 4. The summed E-state index contributed by atoms with van der Waals surface area (Å²) >= 11 is 0. The van der Waals surface area contributed by atoms with Crippen LogP contribution in [0.15, 0.2) is 47.6 Å². The predicted molar refractivity (Wildman–Crippen MR) is 240 cm³/mol. The van der Waals surface area contributed by atoms with Crippen molar-refractivity contribution in [2.45, 2.75) is 186 Å². The number of amides is 1. The third-order valence-corrected chi connectivity index (χ3v) is 14.4. The number of carbonyl (C=O) groups is 4. The van der Waals surface area contributed by atoms with Gasteiger partial charge in [0.15, 0.2) is 0 Å². The standard InChI is InChI=1S/C50H79NO12/c1-30-15-11-10-12-16-31(2)44(60-8)27-38-20-18-36(7)50(59,63-38)47(56)48(57)51-22-14-13-17-39(51)49(58)62-45(35(6)25-37-19-21-40(52)46(26-37)61-9)29-43(55)34(5)24-33(4)42(54)28-41(53)32(3)23-30/h10-12,15-16,24,30,32,34-42,44-46,52-54,59H,13-14,17-23,25-29H2,1-9H3/b12-10?,15-11+,31-16?,33-24+/t30-,32-,34-,35-,36-,37+,38+,39+,40-,41-,42+,44+,45+,46-,50-/m1/s1. The average Bonchev–Trinajstić information content (AvgIpc) is 3.25. The number of methoxy groups -OCH3 is 2. The first-order chi connectivity index (χ1) is 29.8. The van der Waals surface area contributed by atoms with Crippen molar-refractivity contribution in [1.29, 1.82) is 0 Å². The fourth-order valence-corrected chi connectivity index (χ4v) is 9.93. The minimum atomic E-state index is -2.41. The zero-order valence-corrected chi connectivity index (χ0v) is 39.4. The molecule has 4 aliphatic rings. The summed E-state index contributed by atoms with van der Waals surface area (Å²) in [6, 6.07) is -1.11. The van der Waals surface area contributed by atoms with Gasteiger partial charge in [-0.3, -0.25) is 14.4 Å². The molecule has 3 heterocycles. The third-order valence-electron chi connectivity index (χ3n) is 14.4. The van der Waals surface area contributed by atoms with Gasteiger partial charge in [-0.15, -0.1) is 0 Å². The Bertz CT molecular complexity index is 1660. The quantitative estimate of drug-likeness (QED) is 0.136. The number of piperidine rings is 1. The van der Waals surface area contributed by atoms with Crippen LogP contribution in [0, 0.1) is 35.5 Å². The summed E-state index contributed by atoms with van der Waals surface area (Å²) in [4.78, 5) is 57.9. The molecule has 0 spiro atoms. The second-order valence-electron chi connectivity index (χ2n) is 19.5. The van der Waals surface area contributed by atoms with Crippen molar-refractivity contribution in [3.8, 4) is 0 Å². The van der Waals surface area contributed by atoms with Gasteiger partial charge in [0, 0.05) is 51.9 Å². The second-order valence-corrected chi connectivity index (χ2v) is 19.5. The molecule has 0 aromatic carbocycles. The first kappa shape index (κ1) is 52.6. The van der Waals surface area contributed by atoms with Crippen LogP contribution in [0.1, 0.15) is 132 Å². The predicted octanol–water partition coefficient (Wildman–Crippen LogP) is 6.35. The van der Waals surface area contributed by atoms with Crippen LogP contribution in [-0.2, 0) is 38.1 Å². The molecular formula is C50H79NO12. The Kier molecular flexibility index (Phi) is 20.4. The number of ether oxygens (including phenoxy) is 4. The Morgan fingerprint density at radius 3 is 2.27 bits per heavy atom. The lowest BCUT2D eigenvalue weighted by molar-refractivity contribution is -0.265. The molecule has 3 fully saturated rings. The Morgan fingerprint density at radius 2 is 1.57 bits per heavy atom. The molecule has 356 valence electrons. The van der Waals surface area contributed by atoms with Crippen molar-refractivity contribution in [3.05, 3.63) is 47.6 Å². The van der Waals surface area contributed by atoms with Crippen molar-refractivity contribution >= 4 is 23.4 Å². The number of Topliss-reactive ketones (excluding diaryl/α,β-unsaturated/α-hetero) is 2. The van der Waals surface area contributed by atoms with Gasteiger partial charge < -0.3 is 44.3 Å². The van der Waals surface area contributed by atoms with Gasteiger partial charge in [-0.05, 0) is 113 Å². The van der Waals surface area contributed by atoms with Crippen LogP contribution in [0.5, 0.6) is 0 Å². The molecule has 1 aliphatic carbocycles. The summed E-state index contributed by atoms with van der Waals surface area (Å²) in [6.45, 7) is 13.2. The lowest BCUT2D eigenvalue weighted by Gasteiger charge is -2.42. The van der Waals surface area contributed by atoms with Gasteiger partial charge in [0.05, 0.1) is 36.6 Å². The molecule has 0 aromatic rings. The van der Waals surface area contributed by atoms with Crippen LogP contribution < -0.4 is 0 Å². The molecule has 1 amide bonds. The lowest BCUT2D eigenvalue weighted by atomic mass is 9.78. The van der Waals surface area contributed by atoms with Gasteiger partial charge >= 0.3 is 5.97 Å². The summed E-state index contributed by atoms with van der Waals surface area (Å²) in [5.41, 5.74) is 1.46. The maximum absolute atomic E-state index is 14.3. The largest absolute Gasteiger partial charge is 0.460 e. The molecule has 0 aromatic heterocycles. The highest BCUT2D eigenvalue weighted by Crippen LogP contribution is 2.38. The van der Waals surface area contributed by atoms with Gasteiger partial charge in [0.1, 0.15) is 17.9 Å². The number of hydrogen-bond donors (Lipinski definition) is 4. The molecule has 13 nitrogen and oxygen atoms in total. The van der Waals surface area contributed by atoms with E-state index in [0.29, 0.717) is 63.4 Å². The molecule has 3 aliphatic heterocycles. The van der Waals surface area contributed by atoms with Crippen LogP contribution in [0.4, 0.5) is 0 Å². The van der Waals surface area contributed by atoms with E-state index in [1.54, 1.807) is 41.1 Å². The number of hydrogen-bond acceptors (Lipinski definition) is 12. The number of rotatable bonds is 5. The fourth-order valence-electron chi connectivity index (χ4n) is 9.93. The lowest BCUT2D eigenvalue weighted by Crippen LogP contribution is -2.61. The summed E-state index contributed by atoms with van der Waals surface area (Å²) in [7, 11) is 3.16. The highest BCUT2D eigenvalue weighted by molar-refractivity contribution is 6.39. The molecule has 4 N–H and O–H groups in total. The van der Waals surface area contributed by atoms with Gasteiger partial charge in [-0.1, -0.05) is 71.1 Å². The van der Waals surface area contributed by atoms with Crippen molar-refractivity contribution in [1.82, 2.24) is 4.90 Å². The van der Waals surface area contributed by atoms with Crippen molar-refractivity contribution in [2.75, 3.05) is 20.8 Å². The van der Waals surface area contributed by atoms with E-state index in [2.05, 4.69) is 13.0 Å². The molecule has 63 heavy (non-hydrogen) atoms. The summed E-state index contributed by atoms with van der Waals surface area (Å²) in [5, 5.41) is 44.6. The zero-order valence-electron chi connectivity index (χ0n) is 39.4. The molecule has 0 unspecified atom stereocenters. The second kappa shape index (κ2) is 24.5. The number of nitrogens with zero attached hydrogens (tertiary/aromatic N) is 1. The average molecular weight is 886 g/mol. The van der Waals surface area contributed by atoms with E-state index in [-0.39, 0.29) is 61.4 Å². The van der Waals surface area contributed by atoms with Crippen LogP contribution >= 0.6 is 0 Å². The maximum Gasteiger partial charge on any atom is 0.329 e. The third kappa shape index (κ3) is 14.5. The Balaban J connectivity index is 1.67. The zero-order chi connectivity index (χ0) is 46.6. The number of ketones is 2. The molecule has 4 rings (SSSR count). The number of esters is 1. The first-order valence-corrected chi connectivity index (χ1v) is 23.6. The van der Waals surface area contributed by atoms with Gasteiger partial charge in [0.2, 0.25) is 5.79 Å². The van der Waals surface area contributed by atoms with E-state index in [9.17, 15) is 39.6 Å². The van der Waals surface area contributed by atoms with Gasteiger partial charge in [-0.25, -0.2) is 4.79 Å². The molecule has 2 saturated heterocycles. The number of fused-ring (bicyclic) bond motifs is 3. The van der Waals surface area contributed by atoms with Gasteiger partial charge in [0.25, 0.3) is 11.7 Å². The molecular weight excluding hydrogens is 807 g/mol. The van der Waals surface area contributed by atoms with Crippen LogP contribution in [0.2, 0.25) is 0 Å². The van der Waals surface area contributed by atoms with E-state index in [1.165, 1.54) is 4.90 Å². The fraction of sp³-hybridized carbons (Fsp3) is 0.760. The smallest absolute Gasteiger partial charge is 0.329 e. The van der Waals surface area contributed by atoms with Crippen LogP contribution in [-0.4, -0.2) is 124 Å². The van der Waals surface area contributed by atoms with Crippen molar-refractivity contribution in [3.63, 3.8) is 0 Å². The minimum absolute atomic E-state index is 0.104. The number of aliphatic hydroxyl groups is 4. The molecule has 13 heteroatoms. The monoisotopic (exact) mass is 886 g/mol. The highest BCUT2D eigenvalue weighted by Gasteiger charge is 2.53. The molecule has 15 atom stereocenters. The van der Waals surface area contributed by atoms with E-state index in [0.717, 1.165) is 12.0 Å². The van der Waals surface area contributed by atoms with Crippen LogP contribution in [0.25, 0.3) is 0 Å². The Hall–Kier alpha value is -3.04. The number of allylic oxidation sites excluding steroid dienone is 6. The topological polar surface area (TPSA) is 189 Å². The maximum atomic E-state index is 14.3. The Labute approximate surface area is 376 Å². The van der Waals surface area contributed by atoms with E-state index in [4.69, 9.17) is 18.9 Å². The van der Waals surface area contributed by atoms with E-state index < -0.39 is 77.9 Å².